The molecule has 5 rings (SSSR count). The van der Waals surface area contributed by atoms with Crippen LogP contribution >= 0.6 is 0 Å². The standard InChI is InChI=1S/C25H27N5O/c1-18-6-9-22-20(16-18)8-7-19-4-2-11-27-23(19)24(22)29-12-14-30(15-13-29)25(31)28-21-5-3-10-26-17-21/h2-6,9-11,16-17,24H,7-8,12-15H2,1H3,(H,28,31)/t24-/m1/s1. The number of carbonyl (C=O) groups excluding carboxylic acids is 1. The van der Waals surface area contributed by atoms with E-state index in [-0.39, 0.29) is 12.1 Å². The fraction of sp³-hybridized carbons (Fsp3) is 0.320. The van der Waals surface area contributed by atoms with Crippen molar-refractivity contribution in [1.29, 1.82) is 0 Å². The molecule has 1 fully saturated rings. The first-order valence-electron chi connectivity index (χ1n) is 10.9. The van der Waals surface area contributed by atoms with Gasteiger partial charge in [-0.25, -0.2) is 4.79 Å². The Bertz CT molecular complexity index is 1080. The second-order valence-corrected chi connectivity index (χ2v) is 8.35. The number of fused-ring (bicyclic) bond motifs is 2. The molecule has 1 atom stereocenters. The molecule has 6 heteroatoms. The van der Waals surface area contributed by atoms with Crippen LogP contribution in [0.4, 0.5) is 10.5 Å². The summed E-state index contributed by atoms with van der Waals surface area (Å²) in [6, 6.07) is 14.8. The molecule has 0 radical (unpaired) electrons. The SMILES string of the molecule is Cc1ccc2c(c1)CCc1cccnc1[C@@H]2N1CCN(C(=O)Nc2cccnc2)CC1. The number of rotatable bonds is 2. The Kier molecular flexibility index (Phi) is 5.38. The molecule has 0 unspecified atom stereocenters. The van der Waals surface area contributed by atoms with Gasteiger partial charge >= 0.3 is 6.03 Å². The summed E-state index contributed by atoms with van der Waals surface area (Å²) in [6.45, 7) is 5.16. The van der Waals surface area contributed by atoms with Crippen LogP contribution in [0.5, 0.6) is 0 Å². The van der Waals surface area contributed by atoms with Crippen molar-refractivity contribution in [3.05, 3.63) is 89.0 Å². The van der Waals surface area contributed by atoms with Crippen molar-refractivity contribution in [2.24, 2.45) is 0 Å². The molecule has 3 aromatic rings. The molecule has 1 aromatic carbocycles. The average molecular weight is 414 g/mol. The molecule has 1 saturated heterocycles. The van der Waals surface area contributed by atoms with Gasteiger partial charge in [-0.05, 0) is 54.7 Å². The molecule has 6 nitrogen and oxygen atoms in total. The van der Waals surface area contributed by atoms with Crippen LogP contribution in [0.3, 0.4) is 0 Å². The third kappa shape index (κ3) is 4.03. The molecular formula is C25H27N5O. The minimum absolute atomic E-state index is 0.0666. The van der Waals surface area contributed by atoms with Crippen molar-refractivity contribution in [3.63, 3.8) is 0 Å². The number of nitrogens with zero attached hydrogens (tertiary/aromatic N) is 4. The molecule has 0 saturated carbocycles. The summed E-state index contributed by atoms with van der Waals surface area (Å²) in [4.78, 5) is 26.0. The highest BCUT2D eigenvalue weighted by Crippen LogP contribution is 2.36. The van der Waals surface area contributed by atoms with Crippen LogP contribution in [0.25, 0.3) is 0 Å². The second-order valence-electron chi connectivity index (χ2n) is 8.35. The zero-order valence-corrected chi connectivity index (χ0v) is 17.8. The fourth-order valence-corrected chi connectivity index (χ4v) is 4.73. The summed E-state index contributed by atoms with van der Waals surface area (Å²) in [7, 11) is 0. The molecule has 3 heterocycles. The number of carbonyl (C=O) groups is 1. The van der Waals surface area contributed by atoms with Crippen LogP contribution in [0.1, 0.15) is 34.0 Å². The number of piperazine rings is 1. The molecule has 0 spiro atoms. The maximum absolute atomic E-state index is 12.7. The molecule has 158 valence electrons. The van der Waals surface area contributed by atoms with Crippen LogP contribution in [-0.4, -0.2) is 52.0 Å². The van der Waals surface area contributed by atoms with E-state index in [4.69, 9.17) is 4.98 Å². The number of aryl methyl sites for hydroxylation is 3. The lowest BCUT2D eigenvalue weighted by Gasteiger charge is -2.39. The van der Waals surface area contributed by atoms with Crippen molar-refractivity contribution in [2.75, 3.05) is 31.5 Å². The van der Waals surface area contributed by atoms with Crippen LogP contribution in [-0.2, 0) is 12.8 Å². The maximum Gasteiger partial charge on any atom is 0.321 e. The second kappa shape index (κ2) is 8.47. The van der Waals surface area contributed by atoms with Crippen LogP contribution in [0.15, 0.2) is 61.1 Å². The Morgan fingerprint density at radius 2 is 1.81 bits per heavy atom. The summed E-state index contributed by atoms with van der Waals surface area (Å²) in [6.07, 6.45) is 7.33. The van der Waals surface area contributed by atoms with Gasteiger partial charge in [0.25, 0.3) is 0 Å². The molecule has 1 aliphatic carbocycles. The number of hydrogen-bond acceptors (Lipinski definition) is 4. The molecule has 0 bridgehead atoms. The van der Waals surface area contributed by atoms with Crippen molar-refractivity contribution in [1.82, 2.24) is 19.8 Å². The van der Waals surface area contributed by atoms with E-state index < -0.39 is 0 Å². The molecule has 2 aromatic heterocycles. The lowest BCUT2D eigenvalue weighted by molar-refractivity contribution is 0.125. The molecule has 2 amide bonds. The predicted molar refractivity (Wildman–Crippen MR) is 121 cm³/mol. The van der Waals surface area contributed by atoms with Gasteiger partial charge in [0.2, 0.25) is 0 Å². The molecule has 1 N–H and O–H groups in total. The quantitative estimate of drug-likeness (QED) is 0.694. The van der Waals surface area contributed by atoms with E-state index >= 15 is 0 Å². The molecular weight excluding hydrogens is 386 g/mol. The Labute approximate surface area is 182 Å². The van der Waals surface area contributed by atoms with Gasteiger partial charge in [0.15, 0.2) is 0 Å². The smallest absolute Gasteiger partial charge is 0.321 e. The fourth-order valence-electron chi connectivity index (χ4n) is 4.73. The van der Waals surface area contributed by atoms with E-state index in [0.29, 0.717) is 13.1 Å². The monoisotopic (exact) mass is 413 g/mol. The summed E-state index contributed by atoms with van der Waals surface area (Å²) in [5.74, 6) is 0. The summed E-state index contributed by atoms with van der Waals surface area (Å²) >= 11 is 0. The number of amides is 2. The van der Waals surface area contributed by atoms with Gasteiger partial charge in [-0.3, -0.25) is 14.9 Å². The Morgan fingerprint density at radius 3 is 2.61 bits per heavy atom. The van der Waals surface area contributed by atoms with Crippen molar-refractivity contribution in [2.45, 2.75) is 25.8 Å². The minimum atomic E-state index is -0.0666. The number of urea groups is 1. The normalized spacial score (nSPS) is 18.6. The summed E-state index contributed by atoms with van der Waals surface area (Å²) < 4.78 is 0. The topological polar surface area (TPSA) is 61.4 Å². The molecule has 31 heavy (non-hydrogen) atoms. The van der Waals surface area contributed by atoms with Crippen LogP contribution in [0, 0.1) is 6.92 Å². The lowest BCUT2D eigenvalue weighted by atomic mass is 9.94. The van der Waals surface area contributed by atoms with Crippen molar-refractivity contribution >= 4 is 11.7 Å². The molecule has 2 aliphatic rings. The zero-order valence-electron chi connectivity index (χ0n) is 17.8. The number of pyridine rings is 2. The van der Waals surface area contributed by atoms with Gasteiger partial charge in [-0.15, -0.1) is 0 Å². The van der Waals surface area contributed by atoms with Crippen molar-refractivity contribution in [3.8, 4) is 0 Å². The van der Waals surface area contributed by atoms with Gasteiger partial charge in [-0.1, -0.05) is 29.8 Å². The first-order valence-corrected chi connectivity index (χ1v) is 10.9. The van der Waals surface area contributed by atoms with Gasteiger partial charge in [0, 0.05) is 38.6 Å². The maximum atomic E-state index is 12.7. The number of benzene rings is 1. The van der Waals surface area contributed by atoms with E-state index in [9.17, 15) is 4.79 Å². The first kappa shape index (κ1) is 19.7. The highest BCUT2D eigenvalue weighted by molar-refractivity contribution is 5.89. The average Bonchev–Trinajstić information content (AvgIpc) is 2.96. The van der Waals surface area contributed by atoms with E-state index in [0.717, 1.165) is 31.6 Å². The Balaban J connectivity index is 1.37. The van der Waals surface area contributed by atoms with E-state index in [1.54, 1.807) is 12.4 Å². The van der Waals surface area contributed by atoms with Gasteiger partial charge in [0.05, 0.1) is 23.6 Å². The number of anilines is 1. The van der Waals surface area contributed by atoms with Crippen molar-refractivity contribution < 1.29 is 4.79 Å². The van der Waals surface area contributed by atoms with Gasteiger partial charge < -0.3 is 10.2 Å². The highest BCUT2D eigenvalue weighted by Gasteiger charge is 2.33. The number of nitrogens with one attached hydrogen (secondary N) is 1. The highest BCUT2D eigenvalue weighted by atomic mass is 16.2. The predicted octanol–water partition coefficient (Wildman–Crippen LogP) is 3.82. The number of aromatic nitrogens is 2. The number of hydrogen-bond donors (Lipinski definition) is 1. The van der Waals surface area contributed by atoms with Crippen LogP contribution < -0.4 is 5.32 Å². The van der Waals surface area contributed by atoms with Crippen LogP contribution in [0.2, 0.25) is 0 Å². The van der Waals surface area contributed by atoms with Gasteiger partial charge in [0.1, 0.15) is 0 Å². The Morgan fingerprint density at radius 1 is 1.00 bits per heavy atom. The minimum Gasteiger partial charge on any atom is -0.322 e. The third-order valence-corrected chi connectivity index (χ3v) is 6.32. The Hall–Kier alpha value is -3.25. The largest absolute Gasteiger partial charge is 0.322 e. The van der Waals surface area contributed by atoms with E-state index in [2.05, 4.69) is 46.4 Å². The zero-order chi connectivity index (χ0) is 21.2. The summed E-state index contributed by atoms with van der Waals surface area (Å²) in [5, 5.41) is 2.95. The summed E-state index contributed by atoms with van der Waals surface area (Å²) in [5.41, 5.74) is 7.29. The first-order chi connectivity index (χ1) is 15.2. The van der Waals surface area contributed by atoms with E-state index in [1.807, 2.05) is 29.3 Å². The van der Waals surface area contributed by atoms with Gasteiger partial charge in [-0.2, -0.15) is 0 Å². The third-order valence-electron chi connectivity index (χ3n) is 6.32. The lowest BCUT2D eigenvalue weighted by Crippen LogP contribution is -2.51. The van der Waals surface area contributed by atoms with E-state index in [1.165, 1.54) is 27.9 Å². The molecule has 1 aliphatic heterocycles.